The van der Waals surface area contributed by atoms with E-state index in [9.17, 15) is 4.79 Å². The van der Waals surface area contributed by atoms with Gasteiger partial charge in [0.25, 0.3) is 0 Å². The molecule has 0 radical (unpaired) electrons. The zero-order valence-corrected chi connectivity index (χ0v) is 10.2. The van der Waals surface area contributed by atoms with Crippen LogP contribution in [-0.2, 0) is 4.79 Å². The summed E-state index contributed by atoms with van der Waals surface area (Å²) in [5.41, 5.74) is 1.85. The predicted molar refractivity (Wildman–Crippen MR) is 63.3 cm³/mol. The smallest absolute Gasteiger partial charge is 0.223 e. The minimum absolute atomic E-state index is 0.0943. The molecule has 0 saturated heterocycles. The molecule has 1 aromatic heterocycles. The van der Waals surface area contributed by atoms with Gasteiger partial charge in [0.05, 0.1) is 0 Å². The van der Waals surface area contributed by atoms with Crippen LogP contribution in [0, 0.1) is 13.8 Å². The highest BCUT2D eigenvalue weighted by Gasteiger charge is 2.04. The molecular weight excluding hydrogens is 204 g/mol. The number of hydrogen-bond acceptors (Lipinski definition) is 4. The van der Waals surface area contributed by atoms with Crippen LogP contribution in [0.25, 0.3) is 0 Å². The molecule has 0 bridgehead atoms. The lowest BCUT2D eigenvalue weighted by Crippen LogP contribution is -2.24. The van der Waals surface area contributed by atoms with Gasteiger partial charge in [0, 0.05) is 38.4 Å². The van der Waals surface area contributed by atoms with Gasteiger partial charge in [0.2, 0.25) is 11.9 Å². The number of rotatable bonds is 4. The van der Waals surface area contributed by atoms with Crippen LogP contribution in [-0.4, -0.2) is 41.4 Å². The van der Waals surface area contributed by atoms with E-state index < -0.39 is 0 Å². The standard InChI is InChI=1S/C11H18N4O/c1-8-7-9(2)14-11(13-8)12-6-5-10(16)15(3)4/h7H,5-6H2,1-4H3,(H,12,13,14). The Morgan fingerprint density at radius 2 is 1.88 bits per heavy atom. The highest BCUT2D eigenvalue weighted by atomic mass is 16.2. The molecule has 5 heteroatoms. The van der Waals surface area contributed by atoms with Gasteiger partial charge < -0.3 is 10.2 Å². The van der Waals surface area contributed by atoms with Crippen molar-refractivity contribution >= 4 is 11.9 Å². The lowest BCUT2D eigenvalue weighted by atomic mass is 10.3. The number of nitrogens with zero attached hydrogens (tertiary/aromatic N) is 3. The third kappa shape index (κ3) is 3.84. The van der Waals surface area contributed by atoms with Gasteiger partial charge in [-0.1, -0.05) is 0 Å². The summed E-state index contributed by atoms with van der Waals surface area (Å²) in [5, 5.41) is 3.04. The zero-order valence-electron chi connectivity index (χ0n) is 10.2. The second-order valence-corrected chi connectivity index (χ2v) is 3.94. The third-order valence-corrected chi connectivity index (χ3v) is 2.10. The van der Waals surface area contributed by atoms with E-state index in [4.69, 9.17) is 0 Å². The Bertz CT molecular complexity index is 356. The first kappa shape index (κ1) is 12.4. The Morgan fingerprint density at radius 1 is 1.31 bits per heavy atom. The summed E-state index contributed by atoms with van der Waals surface area (Å²) in [4.78, 5) is 21.3. The largest absolute Gasteiger partial charge is 0.354 e. The molecule has 1 aromatic rings. The maximum absolute atomic E-state index is 11.3. The van der Waals surface area contributed by atoms with Crippen molar-refractivity contribution in [1.82, 2.24) is 14.9 Å². The van der Waals surface area contributed by atoms with E-state index in [1.54, 1.807) is 19.0 Å². The Hall–Kier alpha value is -1.65. The lowest BCUT2D eigenvalue weighted by molar-refractivity contribution is -0.128. The van der Waals surface area contributed by atoms with Crippen LogP contribution in [0.3, 0.4) is 0 Å². The van der Waals surface area contributed by atoms with Crippen LogP contribution in [0.1, 0.15) is 17.8 Å². The van der Waals surface area contributed by atoms with E-state index in [1.165, 1.54) is 0 Å². The van der Waals surface area contributed by atoms with Gasteiger partial charge >= 0.3 is 0 Å². The topological polar surface area (TPSA) is 58.1 Å². The molecule has 1 amide bonds. The van der Waals surface area contributed by atoms with Crippen LogP contribution < -0.4 is 5.32 Å². The van der Waals surface area contributed by atoms with E-state index in [0.29, 0.717) is 18.9 Å². The van der Waals surface area contributed by atoms with Gasteiger partial charge in [-0.3, -0.25) is 4.79 Å². The number of carbonyl (C=O) groups is 1. The second-order valence-electron chi connectivity index (χ2n) is 3.94. The van der Waals surface area contributed by atoms with Crippen molar-refractivity contribution in [1.29, 1.82) is 0 Å². The number of anilines is 1. The average Bonchev–Trinajstić information content (AvgIpc) is 2.15. The Balaban J connectivity index is 2.46. The number of carbonyl (C=O) groups excluding carboxylic acids is 1. The molecule has 0 saturated carbocycles. The molecule has 0 aliphatic carbocycles. The summed E-state index contributed by atoms with van der Waals surface area (Å²) in [5.74, 6) is 0.681. The van der Waals surface area contributed by atoms with Gasteiger partial charge in [-0.25, -0.2) is 9.97 Å². The number of amides is 1. The van der Waals surface area contributed by atoms with Crippen molar-refractivity contribution in [3.8, 4) is 0 Å². The van der Waals surface area contributed by atoms with E-state index in [2.05, 4.69) is 15.3 Å². The van der Waals surface area contributed by atoms with Crippen molar-refractivity contribution in [2.24, 2.45) is 0 Å². The number of aromatic nitrogens is 2. The predicted octanol–water partition coefficient (Wildman–Crippen LogP) is 0.984. The van der Waals surface area contributed by atoms with Crippen molar-refractivity contribution in [3.63, 3.8) is 0 Å². The Morgan fingerprint density at radius 3 is 2.38 bits per heavy atom. The highest BCUT2D eigenvalue weighted by Crippen LogP contribution is 2.03. The summed E-state index contributed by atoms with van der Waals surface area (Å²) in [7, 11) is 3.49. The number of hydrogen-bond donors (Lipinski definition) is 1. The first-order chi connectivity index (χ1) is 7.49. The molecule has 0 spiro atoms. The molecule has 1 heterocycles. The van der Waals surface area contributed by atoms with E-state index in [0.717, 1.165) is 11.4 Å². The summed E-state index contributed by atoms with van der Waals surface area (Å²) in [6.45, 7) is 4.40. The molecule has 5 nitrogen and oxygen atoms in total. The van der Waals surface area contributed by atoms with Crippen molar-refractivity contribution < 1.29 is 4.79 Å². The van der Waals surface area contributed by atoms with E-state index in [1.807, 2.05) is 19.9 Å². The van der Waals surface area contributed by atoms with Crippen molar-refractivity contribution in [2.45, 2.75) is 20.3 Å². The first-order valence-corrected chi connectivity index (χ1v) is 5.25. The number of aryl methyl sites for hydroxylation is 2. The molecule has 1 rings (SSSR count). The van der Waals surface area contributed by atoms with Gasteiger partial charge in [-0.2, -0.15) is 0 Å². The molecule has 0 atom stereocenters. The lowest BCUT2D eigenvalue weighted by Gasteiger charge is -2.10. The molecule has 1 N–H and O–H groups in total. The fraction of sp³-hybridized carbons (Fsp3) is 0.545. The molecule has 88 valence electrons. The fourth-order valence-electron chi connectivity index (χ4n) is 1.31. The maximum Gasteiger partial charge on any atom is 0.223 e. The Kier molecular flexibility index (Phi) is 4.22. The van der Waals surface area contributed by atoms with Gasteiger partial charge in [0.15, 0.2) is 0 Å². The molecule has 0 aliphatic rings. The van der Waals surface area contributed by atoms with Crippen LogP contribution in [0.4, 0.5) is 5.95 Å². The monoisotopic (exact) mass is 222 g/mol. The zero-order chi connectivity index (χ0) is 12.1. The molecule has 0 aromatic carbocycles. The van der Waals surface area contributed by atoms with Crippen LogP contribution >= 0.6 is 0 Å². The van der Waals surface area contributed by atoms with Gasteiger partial charge in [-0.05, 0) is 19.9 Å². The summed E-state index contributed by atoms with van der Waals surface area (Å²) >= 11 is 0. The maximum atomic E-state index is 11.3. The molecule has 16 heavy (non-hydrogen) atoms. The minimum Gasteiger partial charge on any atom is -0.354 e. The average molecular weight is 222 g/mol. The van der Waals surface area contributed by atoms with Crippen LogP contribution in [0.5, 0.6) is 0 Å². The van der Waals surface area contributed by atoms with Crippen molar-refractivity contribution in [2.75, 3.05) is 26.0 Å². The molecule has 0 aliphatic heterocycles. The molecular formula is C11H18N4O. The van der Waals surface area contributed by atoms with Crippen LogP contribution in [0.15, 0.2) is 6.07 Å². The molecule has 0 fully saturated rings. The van der Waals surface area contributed by atoms with Gasteiger partial charge in [-0.15, -0.1) is 0 Å². The number of nitrogens with one attached hydrogen (secondary N) is 1. The fourth-order valence-corrected chi connectivity index (χ4v) is 1.31. The summed E-state index contributed by atoms with van der Waals surface area (Å²) < 4.78 is 0. The minimum atomic E-state index is 0.0943. The summed E-state index contributed by atoms with van der Waals surface area (Å²) in [6.07, 6.45) is 0.448. The first-order valence-electron chi connectivity index (χ1n) is 5.25. The quantitative estimate of drug-likeness (QED) is 0.825. The van der Waals surface area contributed by atoms with Crippen LogP contribution in [0.2, 0.25) is 0 Å². The highest BCUT2D eigenvalue weighted by molar-refractivity contribution is 5.75. The second kappa shape index (κ2) is 5.44. The van der Waals surface area contributed by atoms with Gasteiger partial charge in [0.1, 0.15) is 0 Å². The normalized spacial score (nSPS) is 10.0. The van der Waals surface area contributed by atoms with E-state index in [-0.39, 0.29) is 5.91 Å². The third-order valence-electron chi connectivity index (χ3n) is 2.10. The Labute approximate surface area is 95.9 Å². The van der Waals surface area contributed by atoms with Crippen molar-refractivity contribution in [3.05, 3.63) is 17.5 Å². The SMILES string of the molecule is Cc1cc(C)nc(NCCC(=O)N(C)C)n1. The summed E-state index contributed by atoms with van der Waals surface area (Å²) in [6, 6.07) is 1.91. The van der Waals surface area contributed by atoms with E-state index >= 15 is 0 Å². The molecule has 0 unspecified atom stereocenters.